The van der Waals surface area contributed by atoms with Crippen LogP contribution in [0.3, 0.4) is 0 Å². The summed E-state index contributed by atoms with van der Waals surface area (Å²) in [6.45, 7) is 1.61. The number of carbonyl (C=O) groups is 1. The highest BCUT2D eigenvalue weighted by Crippen LogP contribution is 2.42. The fraction of sp³-hybridized carbons (Fsp3) is 0.188. The molecular weight excluding hydrogens is 568 g/mol. The third-order valence-electron chi connectivity index (χ3n) is 6.80. The number of thiazole rings is 1. The number of allylic oxidation sites excluding steroid dienone is 1. The van der Waals surface area contributed by atoms with E-state index in [-0.39, 0.29) is 17.7 Å². The standard InChI is InChI=1S/C32H28N4O6S/c1-19-27(30(37)35-22-11-6-5-7-12-22)28(21-16-24(39-2)29(41-4)25(17-21)40-3)36-31(38)26(43-32(36)34-19)18-20-10-8-9-13-23(20)42-15-14-33/h5-13,16-18,28H,15H2,1-4H3,(H,35,37)/b26-18-/t28-/m1/s1. The Morgan fingerprint density at radius 3 is 2.35 bits per heavy atom. The first-order valence-corrected chi connectivity index (χ1v) is 14.0. The molecule has 1 aliphatic rings. The molecule has 4 aromatic rings. The third-order valence-corrected chi connectivity index (χ3v) is 7.78. The van der Waals surface area contributed by atoms with Gasteiger partial charge in [0.2, 0.25) is 5.75 Å². The first-order valence-electron chi connectivity index (χ1n) is 13.2. The second kappa shape index (κ2) is 12.7. The van der Waals surface area contributed by atoms with E-state index in [2.05, 4.69) is 5.32 Å². The Morgan fingerprint density at radius 2 is 1.70 bits per heavy atom. The molecule has 0 spiro atoms. The van der Waals surface area contributed by atoms with E-state index < -0.39 is 11.9 Å². The Hall–Kier alpha value is -5.34. The van der Waals surface area contributed by atoms with Gasteiger partial charge in [0.25, 0.3) is 11.5 Å². The summed E-state index contributed by atoms with van der Waals surface area (Å²) in [6, 6.07) is 20.7. The number of rotatable bonds is 9. The number of anilines is 1. The minimum atomic E-state index is -0.874. The molecule has 0 saturated carbocycles. The van der Waals surface area contributed by atoms with Gasteiger partial charge in [0.05, 0.1) is 43.2 Å². The van der Waals surface area contributed by atoms with Gasteiger partial charge in [-0.25, -0.2) is 4.99 Å². The summed E-state index contributed by atoms with van der Waals surface area (Å²) in [5, 5.41) is 11.9. The number of nitrogens with one attached hydrogen (secondary N) is 1. The summed E-state index contributed by atoms with van der Waals surface area (Å²) in [6.07, 6.45) is 1.70. The first kappa shape index (κ1) is 29.2. The smallest absolute Gasteiger partial charge is 0.271 e. The molecule has 0 saturated heterocycles. The normalized spacial score (nSPS) is 14.3. The van der Waals surface area contributed by atoms with Crippen LogP contribution < -0.4 is 39.2 Å². The summed E-state index contributed by atoms with van der Waals surface area (Å²) >= 11 is 1.19. The number of methoxy groups -OCH3 is 3. The van der Waals surface area contributed by atoms with E-state index in [0.717, 1.165) is 0 Å². The second-order valence-corrected chi connectivity index (χ2v) is 10.4. The lowest BCUT2D eigenvalue weighted by Crippen LogP contribution is -2.40. The van der Waals surface area contributed by atoms with Crippen molar-refractivity contribution in [1.29, 1.82) is 5.26 Å². The maximum atomic E-state index is 14.1. The summed E-state index contributed by atoms with van der Waals surface area (Å²) in [5.41, 5.74) is 2.18. The van der Waals surface area contributed by atoms with Crippen LogP contribution in [0.5, 0.6) is 23.0 Å². The number of fused-ring (bicyclic) bond motifs is 1. The van der Waals surface area contributed by atoms with Crippen LogP contribution in [0, 0.1) is 11.3 Å². The zero-order valence-electron chi connectivity index (χ0n) is 23.9. The molecule has 10 nitrogen and oxygen atoms in total. The lowest BCUT2D eigenvalue weighted by atomic mass is 9.94. The van der Waals surface area contributed by atoms with Crippen molar-refractivity contribution in [2.75, 3.05) is 33.3 Å². The van der Waals surface area contributed by atoms with Crippen molar-refractivity contribution in [1.82, 2.24) is 4.57 Å². The van der Waals surface area contributed by atoms with Gasteiger partial charge in [0.1, 0.15) is 11.8 Å². The Kier molecular flexibility index (Phi) is 8.59. The van der Waals surface area contributed by atoms with E-state index in [1.807, 2.05) is 30.3 Å². The fourth-order valence-corrected chi connectivity index (χ4v) is 5.93. The quantitative estimate of drug-likeness (QED) is 0.312. The van der Waals surface area contributed by atoms with Crippen molar-refractivity contribution in [3.8, 4) is 29.1 Å². The highest BCUT2D eigenvalue weighted by molar-refractivity contribution is 7.07. The van der Waals surface area contributed by atoms with Gasteiger partial charge in [-0.3, -0.25) is 14.2 Å². The van der Waals surface area contributed by atoms with E-state index in [0.29, 0.717) is 54.8 Å². The monoisotopic (exact) mass is 596 g/mol. The molecular formula is C32H28N4O6S. The maximum absolute atomic E-state index is 14.1. The molecule has 1 atom stereocenters. The number of ether oxygens (including phenoxy) is 4. The Balaban J connectivity index is 1.73. The summed E-state index contributed by atoms with van der Waals surface area (Å²) < 4.78 is 24.2. The van der Waals surface area contributed by atoms with Gasteiger partial charge >= 0.3 is 0 Å². The number of amides is 1. The predicted octanol–water partition coefficient (Wildman–Crippen LogP) is 3.80. The van der Waals surface area contributed by atoms with Gasteiger partial charge < -0.3 is 24.3 Å². The molecule has 1 aromatic heterocycles. The molecule has 2 heterocycles. The number of carbonyl (C=O) groups excluding carboxylic acids is 1. The maximum Gasteiger partial charge on any atom is 0.271 e. The van der Waals surface area contributed by atoms with Crippen LogP contribution in [-0.2, 0) is 4.79 Å². The molecule has 0 radical (unpaired) electrons. The number of hydrogen-bond donors (Lipinski definition) is 1. The first-order chi connectivity index (χ1) is 20.9. The molecule has 0 aliphatic carbocycles. The van der Waals surface area contributed by atoms with E-state index >= 15 is 0 Å². The molecule has 43 heavy (non-hydrogen) atoms. The number of aromatic nitrogens is 1. The molecule has 1 amide bonds. The Morgan fingerprint density at radius 1 is 1.02 bits per heavy atom. The van der Waals surface area contributed by atoms with Crippen molar-refractivity contribution < 1.29 is 23.7 Å². The molecule has 1 N–H and O–H groups in total. The lowest BCUT2D eigenvalue weighted by molar-refractivity contribution is -0.113. The summed E-state index contributed by atoms with van der Waals surface area (Å²) in [5.74, 6) is 1.19. The van der Waals surface area contributed by atoms with Gasteiger partial charge in [-0.05, 0) is 48.9 Å². The average Bonchev–Trinajstić information content (AvgIpc) is 3.33. The van der Waals surface area contributed by atoms with Crippen molar-refractivity contribution in [3.05, 3.63) is 109 Å². The topological polar surface area (TPSA) is 124 Å². The van der Waals surface area contributed by atoms with E-state index in [1.165, 1.54) is 37.2 Å². The minimum absolute atomic E-state index is 0.133. The SMILES string of the molecule is COc1cc([C@@H]2C(C(=O)Nc3ccccc3)=C(C)N=c3s/c(=C\c4ccccc4OCC#N)c(=O)n32)cc(OC)c1OC. The zero-order chi connectivity index (χ0) is 30.5. The molecule has 0 bridgehead atoms. The van der Waals surface area contributed by atoms with Gasteiger partial charge in [-0.1, -0.05) is 47.7 Å². The van der Waals surface area contributed by atoms with Crippen LogP contribution in [0.15, 0.2) is 87.8 Å². The highest BCUT2D eigenvalue weighted by atomic mass is 32.1. The van der Waals surface area contributed by atoms with Crippen LogP contribution in [0.25, 0.3) is 6.08 Å². The van der Waals surface area contributed by atoms with Crippen LogP contribution in [-0.4, -0.2) is 38.4 Å². The fourth-order valence-electron chi connectivity index (χ4n) is 4.89. The van der Waals surface area contributed by atoms with Gasteiger partial charge in [0, 0.05) is 11.3 Å². The highest BCUT2D eigenvalue weighted by Gasteiger charge is 2.34. The predicted molar refractivity (Wildman–Crippen MR) is 162 cm³/mol. The number of para-hydroxylation sites is 2. The Bertz CT molecular complexity index is 1910. The number of hydrogen-bond acceptors (Lipinski definition) is 9. The van der Waals surface area contributed by atoms with Crippen LogP contribution in [0.4, 0.5) is 5.69 Å². The summed E-state index contributed by atoms with van der Waals surface area (Å²) in [7, 11) is 4.51. The van der Waals surface area contributed by atoms with Gasteiger partial charge in [0.15, 0.2) is 22.9 Å². The minimum Gasteiger partial charge on any atom is -0.493 e. The van der Waals surface area contributed by atoms with Crippen LogP contribution in [0.2, 0.25) is 0 Å². The van der Waals surface area contributed by atoms with Crippen LogP contribution >= 0.6 is 11.3 Å². The van der Waals surface area contributed by atoms with Gasteiger partial charge in [-0.15, -0.1) is 0 Å². The second-order valence-electron chi connectivity index (χ2n) is 9.35. The third kappa shape index (κ3) is 5.73. The van der Waals surface area contributed by atoms with Crippen molar-refractivity contribution in [2.24, 2.45) is 4.99 Å². The van der Waals surface area contributed by atoms with Crippen LogP contribution in [0.1, 0.15) is 24.1 Å². The lowest BCUT2D eigenvalue weighted by Gasteiger charge is -2.26. The molecule has 3 aromatic carbocycles. The van der Waals surface area contributed by atoms with E-state index in [4.69, 9.17) is 29.2 Å². The van der Waals surface area contributed by atoms with Gasteiger partial charge in [-0.2, -0.15) is 5.26 Å². The van der Waals surface area contributed by atoms with E-state index in [9.17, 15) is 9.59 Å². The Labute approximate surface area is 251 Å². The number of nitrogens with zero attached hydrogens (tertiary/aromatic N) is 3. The molecule has 218 valence electrons. The number of nitriles is 1. The molecule has 1 aliphatic heterocycles. The van der Waals surface area contributed by atoms with E-state index in [1.54, 1.807) is 55.5 Å². The molecule has 0 unspecified atom stereocenters. The average molecular weight is 597 g/mol. The van der Waals surface area contributed by atoms with Crippen molar-refractivity contribution >= 4 is 29.0 Å². The molecule has 0 fully saturated rings. The summed E-state index contributed by atoms with van der Waals surface area (Å²) in [4.78, 5) is 33.1. The largest absolute Gasteiger partial charge is 0.493 e. The zero-order valence-corrected chi connectivity index (χ0v) is 24.7. The van der Waals surface area contributed by atoms with Crippen molar-refractivity contribution in [3.63, 3.8) is 0 Å². The molecule has 11 heteroatoms. The van der Waals surface area contributed by atoms with Crippen molar-refractivity contribution in [2.45, 2.75) is 13.0 Å². The number of benzene rings is 3. The molecule has 5 rings (SSSR count).